The van der Waals surface area contributed by atoms with Gasteiger partial charge in [-0.25, -0.2) is 0 Å². The van der Waals surface area contributed by atoms with Crippen molar-refractivity contribution in [3.8, 4) is 5.75 Å². The van der Waals surface area contributed by atoms with Crippen molar-refractivity contribution in [2.75, 3.05) is 12.4 Å². The van der Waals surface area contributed by atoms with Crippen LogP contribution in [0.3, 0.4) is 0 Å². The van der Waals surface area contributed by atoms with E-state index in [2.05, 4.69) is 30.1 Å². The van der Waals surface area contributed by atoms with E-state index >= 15 is 0 Å². The molecule has 0 atom stereocenters. The van der Waals surface area contributed by atoms with E-state index in [9.17, 15) is 4.79 Å². The second-order valence-corrected chi connectivity index (χ2v) is 5.43. The third kappa shape index (κ3) is 4.85. The molecule has 3 nitrogen and oxygen atoms in total. The third-order valence-corrected chi connectivity index (χ3v) is 3.89. The Morgan fingerprint density at radius 2 is 2.08 bits per heavy atom. The van der Waals surface area contributed by atoms with Crippen molar-refractivity contribution in [2.24, 2.45) is 0 Å². The van der Waals surface area contributed by atoms with Crippen molar-refractivity contribution in [1.29, 1.82) is 0 Å². The van der Waals surface area contributed by atoms with Gasteiger partial charge in [-0.15, -0.1) is 0 Å². The zero-order chi connectivity index (χ0) is 17.2. The largest absolute Gasteiger partial charge is 0.497 e. The van der Waals surface area contributed by atoms with Crippen LogP contribution in [-0.4, -0.2) is 13.5 Å². The molecule has 1 aromatic rings. The summed E-state index contributed by atoms with van der Waals surface area (Å²) in [6, 6.07) is 5.78. The summed E-state index contributed by atoms with van der Waals surface area (Å²) in [6.45, 7) is 3.78. The maximum absolute atomic E-state index is 10.8. The number of ether oxygens (including phenoxy) is 1. The van der Waals surface area contributed by atoms with Gasteiger partial charge >= 0.3 is 0 Å². The Balaban J connectivity index is 2.05. The number of carbonyl (C=O) groups excluding carboxylic acids is 1. The minimum atomic E-state index is 0.701. The van der Waals surface area contributed by atoms with E-state index in [1.807, 2.05) is 42.5 Å². The van der Waals surface area contributed by atoms with Gasteiger partial charge in [0.15, 0.2) is 0 Å². The fourth-order valence-corrected chi connectivity index (χ4v) is 2.68. The van der Waals surface area contributed by atoms with E-state index in [-0.39, 0.29) is 0 Å². The Bertz CT molecular complexity index is 709. The smallest absolute Gasteiger partial charge is 0.211 e. The Hall–Kier alpha value is -2.81. The van der Waals surface area contributed by atoms with Crippen molar-refractivity contribution in [2.45, 2.75) is 19.3 Å². The molecule has 1 amide bonds. The molecule has 1 aliphatic rings. The normalized spacial score (nSPS) is 14.9. The number of benzene rings is 1. The summed E-state index contributed by atoms with van der Waals surface area (Å²) in [5.41, 5.74) is 4.40. The van der Waals surface area contributed by atoms with Gasteiger partial charge < -0.3 is 10.1 Å². The number of amides is 1. The highest BCUT2D eigenvalue weighted by Crippen LogP contribution is 2.26. The van der Waals surface area contributed by atoms with Crippen LogP contribution in [0.15, 0.2) is 78.5 Å². The first kappa shape index (κ1) is 17.5. The van der Waals surface area contributed by atoms with E-state index in [1.54, 1.807) is 7.11 Å². The third-order valence-electron chi connectivity index (χ3n) is 3.89. The highest BCUT2D eigenvalue weighted by molar-refractivity contribution is 5.74. The number of rotatable bonds is 8. The van der Waals surface area contributed by atoms with Gasteiger partial charge in [0.2, 0.25) is 6.41 Å². The van der Waals surface area contributed by atoms with Crippen molar-refractivity contribution in [1.82, 2.24) is 0 Å². The monoisotopic (exact) mass is 321 g/mol. The molecular formula is C21H23NO2. The topological polar surface area (TPSA) is 38.3 Å². The van der Waals surface area contributed by atoms with E-state index in [0.29, 0.717) is 6.41 Å². The van der Waals surface area contributed by atoms with Crippen molar-refractivity contribution >= 4 is 12.1 Å². The number of anilines is 1. The van der Waals surface area contributed by atoms with E-state index in [1.165, 1.54) is 11.1 Å². The fourth-order valence-electron chi connectivity index (χ4n) is 2.68. The summed E-state index contributed by atoms with van der Waals surface area (Å²) >= 11 is 0. The molecule has 0 saturated heterocycles. The number of aryl methyl sites for hydroxylation is 1. The molecule has 0 unspecified atom stereocenters. The van der Waals surface area contributed by atoms with Gasteiger partial charge in [-0.3, -0.25) is 4.79 Å². The van der Waals surface area contributed by atoms with Gasteiger partial charge in [0.1, 0.15) is 5.75 Å². The fraction of sp³-hybridized carbons (Fsp3) is 0.190. The van der Waals surface area contributed by atoms with Crippen molar-refractivity contribution in [3.63, 3.8) is 0 Å². The zero-order valence-corrected chi connectivity index (χ0v) is 14.0. The van der Waals surface area contributed by atoms with Gasteiger partial charge in [0, 0.05) is 11.8 Å². The van der Waals surface area contributed by atoms with Gasteiger partial charge in [-0.05, 0) is 42.0 Å². The number of hydrogen-bond acceptors (Lipinski definition) is 2. The summed E-state index contributed by atoms with van der Waals surface area (Å²) in [5.74, 6) is 0.737. The molecule has 1 N–H and O–H groups in total. The highest BCUT2D eigenvalue weighted by Gasteiger charge is 2.07. The van der Waals surface area contributed by atoms with Crippen molar-refractivity contribution in [3.05, 3.63) is 84.0 Å². The summed E-state index contributed by atoms with van der Waals surface area (Å²) in [7, 11) is 1.62. The summed E-state index contributed by atoms with van der Waals surface area (Å²) in [5, 5.41) is 2.76. The molecule has 24 heavy (non-hydrogen) atoms. The van der Waals surface area contributed by atoms with Crippen LogP contribution < -0.4 is 10.1 Å². The lowest BCUT2D eigenvalue weighted by Crippen LogP contribution is -2.00. The van der Waals surface area contributed by atoms with Gasteiger partial charge in [-0.1, -0.05) is 55.2 Å². The SMILES string of the molecule is C=C/C=C1/C=CC=CC=C1CCCc1ccc(OC)cc1NC=O. The first-order valence-corrected chi connectivity index (χ1v) is 8.02. The summed E-state index contributed by atoms with van der Waals surface area (Å²) < 4.78 is 5.21. The number of nitrogens with one attached hydrogen (secondary N) is 1. The molecule has 0 heterocycles. The lowest BCUT2D eigenvalue weighted by atomic mass is 9.97. The molecule has 0 spiro atoms. The first-order chi connectivity index (χ1) is 11.8. The van der Waals surface area contributed by atoms with Crippen LogP contribution >= 0.6 is 0 Å². The first-order valence-electron chi connectivity index (χ1n) is 8.02. The quantitative estimate of drug-likeness (QED) is 0.702. The molecule has 0 bridgehead atoms. The molecule has 0 aliphatic heterocycles. The number of allylic oxidation sites excluding steroid dienone is 9. The van der Waals surface area contributed by atoms with Gasteiger partial charge in [0.05, 0.1) is 7.11 Å². The zero-order valence-electron chi connectivity index (χ0n) is 14.0. The minimum absolute atomic E-state index is 0.701. The molecular weight excluding hydrogens is 298 g/mol. The molecule has 0 fully saturated rings. The van der Waals surface area contributed by atoms with Crippen LogP contribution in [0.25, 0.3) is 0 Å². The van der Waals surface area contributed by atoms with Crippen molar-refractivity contribution < 1.29 is 9.53 Å². The minimum Gasteiger partial charge on any atom is -0.497 e. The highest BCUT2D eigenvalue weighted by atomic mass is 16.5. The number of hydrogen-bond donors (Lipinski definition) is 1. The molecule has 1 aliphatic carbocycles. The molecule has 2 rings (SSSR count). The Kier molecular flexibility index (Phi) is 6.84. The molecule has 3 heteroatoms. The van der Waals surface area contributed by atoms with Gasteiger partial charge in [0.25, 0.3) is 0 Å². The van der Waals surface area contributed by atoms with E-state index in [4.69, 9.17) is 4.74 Å². The maximum atomic E-state index is 10.8. The lowest BCUT2D eigenvalue weighted by molar-refractivity contribution is -0.105. The number of methoxy groups -OCH3 is 1. The average molecular weight is 321 g/mol. The van der Waals surface area contributed by atoms with Crippen LogP contribution in [0, 0.1) is 0 Å². The van der Waals surface area contributed by atoms with Crippen LogP contribution in [0.5, 0.6) is 5.75 Å². The summed E-state index contributed by atoms with van der Waals surface area (Å²) in [4.78, 5) is 10.8. The van der Waals surface area contributed by atoms with E-state index < -0.39 is 0 Å². The maximum Gasteiger partial charge on any atom is 0.211 e. The Morgan fingerprint density at radius 1 is 1.21 bits per heavy atom. The van der Waals surface area contributed by atoms with Crippen LogP contribution in [0.1, 0.15) is 18.4 Å². The average Bonchev–Trinajstić information content (AvgIpc) is 2.82. The molecule has 1 aromatic carbocycles. The summed E-state index contributed by atoms with van der Waals surface area (Å²) in [6.07, 6.45) is 17.7. The Morgan fingerprint density at radius 3 is 2.83 bits per heavy atom. The van der Waals surface area contributed by atoms with Crippen LogP contribution in [0.4, 0.5) is 5.69 Å². The van der Waals surface area contributed by atoms with Crippen LogP contribution in [0.2, 0.25) is 0 Å². The second kappa shape index (κ2) is 9.36. The molecule has 0 saturated carbocycles. The molecule has 0 radical (unpaired) electrons. The molecule has 124 valence electrons. The number of carbonyl (C=O) groups is 1. The van der Waals surface area contributed by atoms with Gasteiger partial charge in [-0.2, -0.15) is 0 Å². The van der Waals surface area contributed by atoms with Crippen LogP contribution in [-0.2, 0) is 11.2 Å². The lowest BCUT2D eigenvalue weighted by Gasteiger charge is -2.12. The standard InChI is InChI=1S/C21H23NO2/c1-3-8-17-9-5-4-6-10-18(17)11-7-12-19-13-14-20(24-2)15-21(19)22-16-23/h3-6,8-10,13-16H,1,7,11-12H2,2H3,(H,22,23)/b17-8-. The predicted octanol–water partition coefficient (Wildman–Crippen LogP) is 4.75. The Labute approximate surface area is 143 Å². The predicted molar refractivity (Wildman–Crippen MR) is 100 cm³/mol. The molecule has 0 aromatic heterocycles. The second-order valence-electron chi connectivity index (χ2n) is 5.43. The van der Waals surface area contributed by atoms with E-state index in [0.717, 1.165) is 36.3 Å².